The molecule has 0 unspecified atom stereocenters. The summed E-state index contributed by atoms with van der Waals surface area (Å²) in [7, 11) is -1.52. The van der Waals surface area contributed by atoms with Crippen LogP contribution in [0, 0.1) is 5.41 Å². The largest absolute Gasteiger partial charge is 0.496 e. The van der Waals surface area contributed by atoms with Crippen LogP contribution < -0.4 is 9.64 Å². The Balaban J connectivity index is 1.25. The van der Waals surface area contributed by atoms with Crippen molar-refractivity contribution in [3.05, 3.63) is 66.0 Å². The molecule has 1 aromatic heterocycles. The van der Waals surface area contributed by atoms with E-state index in [2.05, 4.69) is 10.2 Å². The smallest absolute Gasteiger partial charge is 0.253 e. The van der Waals surface area contributed by atoms with E-state index in [0.717, 1.165) is 23.2 Å². The highest BCUT2D eigenvalue weighted by Gasteiger charge is 2.49. The monoisotopic (exact) mass is 522 g/mol. The second-order valence-corrected chi connectivity index (χ2v) is 12.1. The number of methoxy groups -OCH3 is 1. The highest BCUT2D eigenvalue weighted by atomic mass is 32.2. The third kappa shape index (κ3) is 4.98. The van der Waals surface area contributed by atoms with Crippen molar-refractivity contribution in [2.75, 3.05) is 37.9 Å². The van der Waals surface area contributed by atoms with Gasteiger partial charge < -0.3 is 14.5 Å². The molecule has 0 atom stereocenters. The number of nitrogens with zero attached hydrogens (tertiary/aromatic N) is 3. The zero-order chi connectivity index (χ0) is 26.2. The molecule has 2 aliphatic heterocycles. The maximum atomic E-state index is 13.6. The molecule has 3 heterocycles. The number of piperidine rings is 1. The van der Waals surface area contributed by atoms with E-state index in [9.17, 15) is 18.0 Å². The standard InChI is InChI=1S/C27H30N4O5S/c1-36-24-15-22(7-8-23(24)21-16-28-29-17-21)31-14-11-27(26(31)33)9-12-30(13-10-27)25(32)20-5-3-19(4-6-20)18-37(2,34)35/h3-8,15-17H,9-14,18H2,1-2H3,(H,28,29). The number of aromatic amines is 1. The number of carbonyl (C=O) groups excluding carboxylic acids is 2. The summed E-state index contributed by atoms with van der Waals surface area (Å²) < 4.78 is 28.6. The summed E-state index contributed by atoms with van der Waals surface area (Å²) in [6, 6.07) is 12.5. The van der Waals surface area contributed by atoms with Gasteiger partial charge in [-0.2, -0.15) is 5.10 Å². The lowest BCUT2D eigenvalue weighted by Crippen LogP contribution is -2.46. The van der Waals surface area contributed by atoms with Crippen LogP contribution in [0.2, 0.25) is 0 Å². The van der Waals surface area contributed by atoms with E-state index in [1.54, 1.807) is 48.7 Å². The van der Waals surface area contributed by atoms with Crippen LogP contribution in [0.25, 0.3) is 11.1 Å². The predicted octanol–water partition coefficient (Wildman–Crippen LogP) is 3.29. The van der Waals surface area contributed by atoms with E-state index >= 15 is 0 Å². The first-order chi connectivity index (χ1) is 17.7. The molecule has 37 heavy (non-hydrogen) atoms. The van der Waals surface area contributed by atoms with Crippen molar-refractivity contribution in [2.45, 2.75) is 25.0 Å². The van der Waals surface area contributed by atoms with E-state index in [4.69, 9.17) is 4.74 Å². The van der Waals surface area contributed by atoms with Crippen molar-refractivity contribution >= 4 is 27.3 Å². The number of rotatable bonds is 6. The molecule has 1 N–H and O–H groups in total. The summed E-state index contributed by atoms with van der Waals surface area (Å²) in [4.78, 5) is 30.3. The number of anilines is 1. The SMILES string of the molecule is COc1cc(N2CCC3(CCN(C(=O)c4ccc(CS(C)(=O)=O)cc4)CC3)C2=O)ccc1-c1cn[nH]c1. The number of likely N-dealkylation sites (tertiary alicyclic amines) is 1. The van der Waals surface area contributed by atoms with Gasteiger partial charge in [-0.15, -0.1) is 0 Å². The van der Waals surface area contributed by atoms with Gasteiger partial charge in [0.1, 0.15) is 5.75 Å². The molecule has 9 nitrogen and oxygen atoms in total. The van der Waals surface area contributed by atoms with Gasteiger partial charge in [0.05, 0.1) is 24.5 Å². The Hall–Kier alpha value is -3.66. The van der Waals surface area contributed by atoms with Crippen molar-refractivity contribution in [3.63, 3.8) is 0 Å². The molecule has 0 saturated carbocycles. The number of hydrogen-bond donors (Lipinski definition) is 1. The number of aromatic nitrogens is 2. The molecule has 3 aromatic rings. The molecule has 0 aliphatic carbocycles. The van der Waals surface area contributed by atoms with Crippen molar-refractivity contribution in [1.29, 1.82) is 0 Å². The average Bonchev–Trinajstić information content (AvgIpc) is 3.52. The summed E-state index contributed by atoms with van der Waals surface area (Å²) in [5.41, 5.74) is 3.33. The zero-order valence-corrected chi connectivity index (χ0v) is 21.8. The third-order valence-electron chi connectivity index (χ3n) is 7.46. The Kier molecular flexibility index (Phi) is 6.53. The summed E-state index contributed by atoms with van der Waals surface area (Å²) in [5, 5.41) is 6.81. The fourth-order valence-electron chi connectivity index (χ4n) is 5.38. The summed E-state index contributed by atoms with van der Waals surface area (Å²) in [5.74, 6) is 0.630. The molecule has 2 amide bonds. The predicted molar refractivity (Wildman–Crippen MR) is 140 cm³/mol. The molecule has 2 aliphatic rings. The third-order valence-corrected chi connectivity index (χ3v) is 8.31. The molecule has 5 rings (SSSR count). The van der Waals surface area contributed by atoms with Crippen LogP contribution in [0.5, 0.6) is 5.75 Å². The molecular weight excluding hydrogens is 492 g/mol. The first-order valence-corrected chi connectivity index (χ1v) is 14.3. The highest BCUT2D eigenvalue weighted by molar-refractivity contribution is 7.89. The van der Waals surface area contributed by atoms with Gasteiger partial charge in [0.25, 0.3) is 5.91 Å². The molecule has 2 aromatic carbocycles. The maximum absolute atomic E-state index is 13.6. The van der Waals surface area contributed by atoms with Gasteiger partial charge in [-0.25, -0.2) is 8.42 Å². The van der Waals surface area contributed by atoms with Crippen LogP contribution >= 0.6 is 0 Å². The Labute approximate surface area is 216 Å². The minimum absolute atomic E-state index is 0.0513. The lowest BCUT2D eigenvalue weighted by Gasteiger charge is -2.38. The molecular formula is C27H30N4O5S. The van der Waals surface area contributed by atoms with Crippen molar-refractivity contribution < 1.29 is 22.7 Å². The normalized spacial score (nSPS) is 17.4. The average molecular weight is 523 g/mol. The fraction of sp³-hybridized carbons (Fsp3) is 0.370. The summed E-state index contributed by atoms with van der Waals surface area (Å²) >= 11 is 0. The van der Waals surface area contributed by atoms with Crippen LogP contribution in [0.4, 0.5) is 5.69 Å². The van der Waals surface area contributed by atoms with Gasteiger partial charge in [-0.1, -0.05) is 12.1 Å². The summed E-state index contributed by atoms with van der Waals surface area (Å²) in [6.45, 7) is 1.64. The molecule has 0 radical (unpaired) electrons. The number of hydrogen-bond acceptors (Lipinski definition) is 6. The topological polar surface area (TPSA) is 113 Å². The number of carbonyl (C=O) groups is 2. The Morgan fingerprint density at radius 3 is 2.41 bits per heavy atom. The van der Waals surface area contributed by atoms with E-state index in [0.29, 0.717) is 49.4 Å². The van der Waals surface area contributed by atoms with Gasteiger partial charge in [0.2, 0.25) is 5.91 Å². The second kappa shape index (κ2) is 9.66. The fourth-order valence-corrected chi connectivity index (χ4v) is 6.18. The van der Waals surface area contributed by atoms with E-state index < -0.39 is 15.3 Å². The maximum Gasteiger partial charge on any atom is 0.253 e. The molecule has 194 valence electrons. The van der Waals surface area contributed by atoms with Gasteiger partial charge in [-0.05, 0) is 49.1 Å². The highest BCUT2D eigenvalue weighted by Crippen LogP contribution is 2.44. The van der Waals surface area contributed by atoms with E-state index in [-0.39, 0.29) is 17.6 Å². The van der Waals surface area contributed by atoms with Crippen LogP contribution in [0.3, 0.4) is 0 Å². The van der Waals surface area contributed by atoms with Crippen LogP contribution in [-0.4, -0.2) is 68.3 Å². The van der Waals surface area contributed by atoms with E-state index in [1.807, 2.05) is 23.1 Å². The lowest BCUT2D eigenvalue weighted by atomic mass is 9.77. The lowest BCUT2D eigenvalue weighted by molar-refractivity contribution is -0.127. The zero-order valence-electron chi connectivity index (χ0n) is 20.9. The molecule has 10 heteroatoms. The minimum atomic E-state index is -3.13. The molecule has 2 fully saturated rings. The molecule has 1 spiro atoms. The first-order valence-electron chi connectivity index (χ1n) is 12.2. The van der Waals surface area contributed by atoms with Crippen LogP contribution in [0.15, 0.2) is 54.9 Å². The minimum Gasteiger partial charge on any atom is -0.496 e. The van der Waals surface area contributed by atoms with Gasteiger partial charge in [0, 0.05) is 60.5 Å². The van der Waals surface area contributed by atoms with Crippen molar-refractivity contribution in [2.24, 2.45) is 5.41 Å². The number of nitrogens with one attached hydrogen (secondary N) is 1. The number of benzene rings is 2. The number of ether oxygens (including phenoxy) is 1. The van der Waals surface area contributed by atoms with Gasteiger partial charge in [-0.3, -0.25) is 14.7 Å². The van der Waals surface area contributed by atoms with Gasteiger partial charge in [0.15, 0.2) is 9.84 Å². The Bertz CT molecular complexity index is 1410. The van der Waals surface area contributed by atoms with Crippen molar-refractivity contribution in [3.8, 4) is 16.9 Å². The number of amides is 2. The van der Waals surface area contributed by atoms with Crippen LogP contribution in [0.1, 0.15) is 35.2 Å². The number of sulfone groups is 1. The molecule has 2 saturated heterocycles. The van der Waals surface area contributed by atoms with Crippen molar-refractivity contribution in [1.82, 2.24) is 15.1 Å². The Morgan fingerprint density at radius 2 is 1.78 bits per heavy atom. The van der Waals surface area contributed by atoms with E-state index in [1.165, 1.54) is 6.26 Å². The number of H-pyrrole nitrogens is 1. The quantitative estimate of drug-likeness (QED) is 0.532. The molecule has 0 bridgehead atoms. The summed E-state index contributed by atoms with van der Waals surface area (Å²) in [6.07, 6.45) is 6.70. The Morgan fingerprint density at radius 1 is 1.08 bits per heavy atom. The van der Waals surface area contributed by atoms with Gasteiger partial charge >= 0.3 is 0 Å². The second-order valence-electron chi connectivity index (χ2n) is 9.92. The van der Waals surface area contributed by atoms with Crippen LogP contribution in [-0.2, 0) is 20.4 Å². The first kappa shape index (κ1) is 25.0.